The molecule has 1 saturated heterocycles. The molecule has 1 aliphatic rings. The van der Waals surface area contributed by atoms with Crippen LogP contribution in [-0.2, 0) is 9.53 Å². The fourth-order valence-electron chi connectivity index (χ4n) is 2.15. The van der Waals surface area contributed by atoms with Gasteiger partial charge in [0.2, 0.25) is 0 Å². The number of para-hydroxylation sites is 1. The third-order valence-electron chi connectivity index (χ3n) is 3.30. The van der Waals surface area contributed by atoms with Crippen LogP contribution < -0.4 is 10.1 Å². The maximum atomic E-state index is 12.1. The van der Waals surface area contributed by atoms with Gasteiger partial charge in [-0.15, -0.1) is 0 Å². The molecule has 5 heteroatoms. The number of carbonyl (C=O) groups is 1. The topological polar surface area (TPSA) is 47.6 Å². The van der Waals surface area contributed by atoms with Gasteiger partial charge in [0.15, 0.2) is 6.10 Å². The minimum absolute atomic E-state index is 0.122. The third kappa shape index (κ3) is 4.12. The van der Waals surface area contributed by atoms with Crippen molar-refractivity contribution in [3.05, 3.63) is 29.3 Å². The summed E-state index contributed by atoms with van der Waals surface area (Å²) in [6, 6.07) is 7.16. The highest BCUT2D eigenvalue weighted by Gasteiger charge is 2.22. The first-order valence-corrected chi connectivity index (χ1v) is 7.39. The summed E-state index contributed by atoms with van der Waals surface area (Å²) < 4.78 is 11.2. The minimum Gasteiger partial charge on any atom is -0.479 e. The van der Waals surface area contributed by atoms with Crippen molar-refractivity contribution in [2.24, 2.45) is 0 Å². The van der Waals surface area contributed by atoms with Gasteiger partial charge in [-0.3, -0.25) is 4.79 Å². The van der Waals surface area contributed by atoms with E-state index in [0.717, 1.165) is 19.4 Å². The SMILES string of the molecule is CC[C@@H](Oc1ccccc1Cl)C(=O)NC[C@@H]1CCCO1. The van der Waals surface area contributed by atoms with Crippen molar-refractivity contribution in [1.29, 1.82) is 0 Å². The molecule has 1 aromatic rings. The number of hydrogen-bond acceptors (Lipinski definition) is 3. The van der Waals surface area contributed by atoms with Crippen LogP contribution in [0.1, 0.15) is 26.2 Å². The highest BCUT2D eigenvalue weighted by Crippen LogP contribution is 2.24. The van der Waals surface area contributed by atoms with E-state index in [0.29, 0.717) is 23.7 Å². The Hall–Kier alpha value is -1.26. The zero-order chi connectivity index (χ0) is 14.4. The van der Waals surface area contributed by atoms with E-state index in [9.17, 15) is 4.79 Å². The second-order valence-corrected chi connectivity index (χ2v) is 5.23. The Morgan fingerprint density at radius 2 is 2.35 bits per heavy atom. The van der Waals surface area contributed by atoms with Crippen molar-refractivity contribution in [2.45, 2.75) is 38.4 Å². The van der Waals surface area contributed by atoms with E-state index in [-0.39, 0.29) is 12.0 Å². The molecular formula is C15H20ClNO3. The van der Waals surface area contributed by atoms with Crippen LogP contribution in [-0.4, -0.2) is 31.3 Å². The molecule has 0 radical (unpaired) electrons. The zero-order valence-electron chi connectivity index (χ0n) is 11.6. The highest BCUT2D eigenvalue weighted by molar-refractivity contribution is 6.32. The number of amides is 1. The molecule has 4 nitrogen and oxygen atoms in total. The molecule has 0 spiro atoms. The Morgan fingerprint density at radius 3 is 3.00 bits per heavy atom. The quantitative estimate of drug-likeness (QED) is 0.878. The molecule has 2 rings (SSSR count). The largest absolute Gasteiger partial charge is 0.479 e. The van der Waals surface area contributed by atoms with Crippen LogP contribution in [0.4, 0.5) is 0 Å². The maximum absolute atomic E-state index is 12.1. The highest BCUT2D eigenvalue weighted by atomic mass is 35.5. The Bertz CT molecular complexity index is 446. The Labute approximate surface area is 124 Å². The molecule has 1 amide bonds. The van der Waals surface area contributed by atoms with E-state index in [1.165, 1.54) is 0 Å². The van der Waals surface area contributed by atoms with E-state index in [1.807, 2.05) is 19.1 Å². The number of ether oxygens (including phenoxy) is 2. The van der Waals surface area contributed by atoms with Gasteiger partial charge in [0.1, 0.15) is 5.75 Å². The summed E-state index contributed by atoms with van der Waals surface area (Å²) in [6.07, 6.45) is 2.26. The van der Waals surface area contributed by atoms with Gasteiger partial charge in [-0.2, -0.15) is 0 Å². The van der Waals surface area contributed by atoms with E-state index < -0.39 is 6.10 Å². The van der Waals surface area contributed by atoms with Crippen LogP contribution in [0.25, 0.3) is 0 Å². The number of carbonyl (C=O) groups excluding carboxylic acids is 1. The molecule has 2 atom stereocenters. The molecule has 0 unspecified atom stereocenters. The normalized spacial score (nSPS) is 19.6. The summed E-state index contributed by atoms with van der Waals surface area (Å²) >= 11 is 6.03. The Kier molecular flexibility index (Phi) is 5.68. The molecule has 1 fully saturated rings. The molecule has 0 aromatic heterocycles. The van der Waals surface area contributed by atoms with Gasteiger partial charge in [-0.25, -0.2) is 0 Å². The fourth-order valence-corrected chi connectivity index (χ4v) is 2.33. The fraction of sp³-hybridized carbons (Fsp3) is 0.533. The average Bonchev–Trinajstić information content (AvgIpc) is 2.97. The summed E-state index contributed by atoms with van der Waals surface area (Å²) in [5.41, 5.74) is 0. The molecule has 110 valence electrons. The molecule has 20 heavy (non-hydrogen) atoms. The molecular weight excluding hydrogens is 278 g/mol. The molecule has 1 N–H and O–H groups in total. The average molecular weight is 298 g/mol. The first-order valence-electron chi connectivity index (χ1n) is 7.01. The Balaban J connectivity index is 1.87. The molecule has 0 bridgehead atoms. The number of halogens is 1. The molecule has 1 aliphatic heterocycles. The van der Waals surface area contributed by atoms with Gasteiger partial charge >= 0.3 is 0 Å². The van der Waals surface area contributed by atoms with Gasteiger partial charge in [0.05, 0.1) is 11.1 Å². The predicted octanol–water partition coefficient (Wildman–Crippen LogP) is 2.79. The van der Waals surface area contributed by atoms with Gasteiger partial charge in [-0.1, -0.05) is 30.7 Å². The lowest BCUT2D eigenvalue weighted by atomic mass is 10.2. The second kappa shape index (κ2) is 7.50. The van der Waals surface area contributed by atoms with Gasteiger partial charge in [0.25, 0.3) is 5.91 Å². The van der Waals surface area contributed by atoms with Crippen molar-refractivity contribution >= 4 is 17.5 Å². The molecule has 1 aromatic carbocycles. The molecule has 1 heterocycles. The summed E-state index contributed by atoms with van der Waals surface area (Å²) in [5.74, 6) is 0.413. The van der Waals surface area contributed by atoms with Crippen LogP contribution in [0.15, 0.2) is 24.3 Å². The monoisotopic (exact) mass is 297 g/mol. The van der Waals surface area contributed by atoms with Crippen molar-refractivity contribution in [3.63, 3.8) is 0 Å². The van der Waals surface area contributed by atoms with Crippen LogP contribution in [0.3, 0.4) is 0 Å². The maximum Gasteiger partial charge on any atom is 0.261 e. The predicted molar refractivity (Wildman–Crippen MR) is 78.1 cm³/mol. The van der Waals surface area contributed by atoms with E-state index in [4.69, 9.17) is 21.1 Å². The summed E-state index contributed by atoms with van der Waals surface area (Å²) in [5, 5.41) is 3.40. The smallest absolute Gasteiger partial charge is 0.261 e. The van der Waals surface area contributed by atoms with Crippen molar-refractivity contribution < 1.29 is 14.3 Å². The van der Waals surface area contributed by atoms with Crippen molar-refractivity contribution in [3.8, 4) is 5.75 Å². The van der Waals surface area contributed by atoms with Gasteiger partial charge < -0.3 is 14.8 Å². The van der Waals surface area contributed by atoms with Crippen molar-refractivity contribution in [1.82, 2.24) is 5.32 Å². The first-order chi connectivity index (χ1) is 9.70. The number of rotatable bonds is 6. The summed E-state index contributed by atoms with van der Waals surface area (Å²) in [4.78, 5) is 12.1. The number of hydrogen-bond donors (Lipinski definition) is 1. The third-order valence-corrected chi connectivity index (χ3v) is 3.61. The first kappa shape index (κ1) is 15.1. The van der Waals surface area contributed by atoms with Crippen LogP contribution >= 0.6 is 11.6 Å². The van der Waals surface area contributed by atoms with Crippen molar-refractivity contribution in [2.75, 3.05) is 13.2 Å². The summed E-state index contributed by atoms with van der Waals surface area (Å²) in [6.45, 7) is 3.24. The standard InChI is InChI=1S/C15H20ClNO3/c1-2-13(20-14-8-4-3-7-12(14)16)15(18)17-10-11-6-5-9-19-11/h3-4,7-8,11,13H,2,5-6,9-10H2,1H3,(H,17,18)/t11-,13+/m0/s1. The van der Waals surface area contributed by atoms with Crippen LogP contribution in [0.5, 0.6) is 5.75 Å². The number of nitrogens with one attached hydrogen (secondary N) is 1. The zero-order valence-corrected chi connectivity index (χ0v) is 12.4. The molecule has 0 saturated carbocycles. The second-order valence-electron chi connectivity index (χ2n) is 4.83. The lowest BCUT2D eigenvalue weighted by Crippen LogP contribution is -2.41. The van der Waals surface area contributed by atoms with Gasteiger partial charge in [-0.05, 0) is 31.4 Å². The van der Waals surface area contributed by atoms with Crippen LogP contribution in [0.2, 0.25) is 5.02 Å². The van der Waals surface area contributed by atoms with E-state index in [2.05, 4.69) is 5.32 Å². The number of benzene rings is 1. The van der Waals surface area contributed by atoms with Gasteiger partial charge in [0, 0.05) is 13.2 Å². The molecule has 0 aliphatic carbocycles. The van der Waals surface area contributed by atoms with Crippen LogP contribution in [0, 0.1) is 0 Å². The lowest BCUT2D eigenvalue weighted by molar-refractivity contribution is -0.128. The lowest BCUT2D eigenvalue weighted by Gasteiger charge is -2.19. The summed E-state index contributed by atoms with van der Waals surface area (Å²) in [7, 11) is 0. The minimum atomic E-state index is -0.531. The van der Waals surface area contributed by atoms with E-state index in [1.54, 1.807) is 12.1 Å². The Morgan fingerprint density at radius 1 is 1.55 bits per heavy atom. The van der Waals surface area contributed by atoms with E-state index >= 15 is 0 Å².